The molecule has 6 rings (SSSR count). The van der Waals surface area contributed by atoms with Crippen LogP contribution in [-0.4, -0.2) is 168 Å². The molecule has 5 aliphatic rings. The molecule has 16 nitrogen and oxygen atoms in total. The number of phenolic OH excluding ortho intramolecular Hbond substituents is 1. The fourth-order valence-corrected chi connectivity index (χ4v) is 16.3. The van der Waals surface area contributed by atoms with E-state index in [0.29, 0.717) is 38.3 Å². The number of aromatic hydroxyl groups is 1. The van der Waals surface area contributed by atoms with Gasteiger partial charge in [-0.05, 0) is 244 Å². The van der Waals surface area contributed by atoms with E-state index in [4.69, 9.17) is 42.6 Å². The summed E-state index contributed by atoms with van der Waals surface area (Å²) in [6.45, 7) is 63.9. The maximum Gasteiger partial charge on any atom is 0.306 e. The SMILES string of the molecule is CC1(C)CC(OCOCCCCCCCCC(=O)OC2CC(C)(C)NC(C)(C)C2)CC(C)(C)N1.CCCC.CN1C(C)(C)CC(OCOC(Cc2cc(C(C)(C)C)c(O)c(C(C)(C)C)c2)OCOC2CC(C)(C)N(C)C(C)(C)C2)CC1(C)C.COCOC1CC(C)(C)NC(C)(C)C1. The molecule has 570 valence electrons. The Kier molecular flexibility index (Phi) is 34.1. The van der Waals surface area contributed by atoms with E-state index >= 15 is 0 Å². The highest BCUT2D eigenvalue weighted by Gasteiger charge is 2.46. The Morgan fingerprint density at radius 2 is 0.784 bits per heavy atom. The van der Waals surface area contributed by atoms with Crippen LogP contribution >= 0.6 is 0 Å². The van der Waals surface area contributed by atoms with Crippen LogP contribution in [0.2, 0.25) is 0 Å². The molecule has 0 saturated carbocycles. The zero-order valence-corrected chi connectivity index (χ0v) is 68.7. The molecule has 0 spiro atoms. The average Bonchev–Trinajstić information content (AvgIpc) is 0.797. The molecule has 5 saturated heterocycles. The number of methoxy groups -OCH3 is 1. The Hall–Kier alpha value is -2.03. The molecule has 4 N–H and O–H groups in total. The molecule has 5 aliphatic heterocycles. The molecule has 0 bridgehead atoms. The van der Waals surface area contributed by atoms with Crippen LogP contribution in [-0.2, 0) is 64.7 Å². The third kappa shape index (κ3) is 32.3. The number of phenols is 1. The summed E-state index contributed by atoms with van der Waals surface area (Å²) < 4.78 is 53.6. The minimum Gasteiger partial charge on any atom is -0.507 e. The van der Waals surface area contributed by atoms with Crippen LogP contribution in [0.25, 0.3) is 0 Å². The van der Waals surface area contributed by atoms with E-state index in [-0.39, 0.29) is 110 Å². The normalized spacial score (nSPS) is 23.3. The van der Waals surface area contributed by atoms with Gasteiger partial charge in [0.1, 0.15) is 39.0 Å². The molecule has 16 heteroatoms. The van der Waals surface area contributed by atoms with Crippen molar-refractivity contribution >= 4 is 5.97 Å². The smallest absolute Gasteiger partial charge is 0.306 e. The van der Waals surface area contributed by atoms with Gasteiger partial charge in [-0.3, -0.25) is 14.6 Å². The molecule has 0 unspecified atom stereocenters. The van der Waals surface area contributed by atoms with E-state index in [9.17, 15) is 9.90 Å². The first-order chi connectivity index (χ1) is 44.2. The molecule has 0 amide bonds. The molecule has 1 aromatic carbocycles. The number of nitrogens with zero attached hydrogens (tertiary/aromatic N) is 2. The second-order valence-electron chi connectivity index (χ2n) is 38.4. The zero-order valence-electron chi connectivity index (χ0n) is 68.7. The minimum absolute atomic E-state index is 0.00369. The standard InChI is InChI=1S/C38H68N2O5.C28H54N2O4.C11H23NO2.C4H10/c1-33(2,3)29-17-26(18-30(32(29)41)34(4,5)6)19-31(44-24-42-27-20-35(7,8)39(15)36(9,10)21-27)45-25-43-28-22-37(11,12)40(16)38(13,14)23-28;1-25(2)17-22(18-26(3,4)29-25)33-21-32-16-14-12-10-9-11-13-15-24(31)34-23-19-27(5,6)30-28(7,8)20-23;1-10(2)6-9(14-8-13-5)7-11(3,4)12-10;1-3-4-2/h17-18,27-28,31,41H,19-25H2,1-16H3;22-23,29-30H,9-21H2,1-8H3;9,12H,6-8H2,1-5H3;3-4H2,1-2H3. The summed E-state index contributed by atoms with van der Waals surface area (Å²) in [7, 11) is 6.08. The average molecular weight is 1380 g/mol. The summed E-state index contributed by atoms with van der Waals surface area (Å²) in [5.74, 6) is 0.344. The van der Waals surface area contributed by atoms with Crippen molar-refractivity contribution in [2.45, 2.75) is 425 Å². The second kappa shape index (κ2) is 37.1. The Morgan fingerprint density at radius 3 is 1.12 bits per heavy atom. The number of esters is 1. The first-order valence-corrected chi connectivity index (χ1v) is 37.9. The Bertz CT molecular complexity index is 2290. The monoisotopic (exact) mass is 1370 g/mol. The second-order valence-corrected chi connectivity index (χ2v) is 38.4. The van der Waals surface area contributed by atoms with Crippen molar-refractivity contribution in [3.8, 4) is 5.75 Å². The van der Waals surface area contributed by atoms with Crippen molar-refractivity contribution in [1.82, 2.24) is 25.8 Å². The van der Waals surface area contributed by atoms with Crippen molar-refractivity contribution in [2.75, 3.05) is 55.0 Å². The van der Waals surface area contributed by atoms with Gasteiger partial charge in [-0.2, -0.15) is 0 Å². The highest BCUT2D eigenvalue weighted by molar-refractivity contribution is 5.69. The number of piperidine rings is 5. The van der Waals surface area contributed by atoms with Gasteiger partial charge in [0.15, 0.2) is 6.29 Å². The van der Waals surface area contributed by atoms with E-state index in [1.165, 1.54) is 19.3 Å². The van der Waals surface area contributed by atoms with Crippen LogP contribution in [0.5, 0.6) is 5.75 Å². The predicted molar refractivity (Wildman–Crippen MR) is 402 cm³/mol. The Morgan fingerprint density at radius 1 is 0.474 bits per heavy atom. The van der Waals surface area contributed by atoms with Crippen molar-refractivity contribution in [2.24, 2.45) is 0 Å². The molecule has 0 aromatic heterocycles. The van der Waals surface area contributed by atoms with Gasteiger partial charge in [0.25, 0.3) is 0 Å². The van der Waals surface area contributed by atoms with E-state index in [0.717, 1.165) is 120 Å². The lowest BCUT2D eigenvalue weighted by molar-refractivity contribution is -0.252. The van der Waals surface area contributed by atoms with Gasteiger partial charge in [0.2, 0.25) is 0 Å². The third-order valence-corrected chi connectivity index (χ3v) is 20.8. The van der Waals surface area contributed by atoms with Gasteiger partial charge in [0, 0.05) is 94.8 Å². The number of likely N-dealkylation sites (tertiary alicyclic amines) is 2. The molecular weight excluding hydrogens is 1220 g/mol. The maximum atomic E-state index is 12.3. The molecule has 97 heavy (non-hydrogen) atoms. The van der Waals surface area contributed by atoms with Gasteiger partial charge < -0.3 is 63.7 Å². The lowest BCUT2D eigenvalue weighted by atomic mass is 9.78. The molecule has 1 aromatic rings. The summed E-state index contributed by atoms with van der Waals surface area (Å²) in [6.07, 6.45) is 20.1. The highest BCUT2D eigenvalue weighted by atomic mass is 16.8. The quantitative estimate of drug-likeness (QED) is 0.0373. The van der Waals surface area contributed by atoms with Crippen LogP contribution in [0.3, 0.4) is 0 Å². The summed E-state index contributed by atoms with van der Waals surface area (Å²) in [5, 5.41) is 22.2. The van der Waals surface area contributed by atoms with Crippen molar-refractivity contribution in [3.05, 3.63) is 28.8 Å². The Balaban J connectivity index is 0.000000411. The predicted octanol–water partition coefficient (Wildman–Crippen LogP) is 17.7. The van der Waals surface area contributed by atoms with Gasteiger partial charge in [-0.15, -0.1) is 0 Å². The molecule has 5 heterocycles. The van der Waals surface area contributed by atoms with Gasteiger partial charge in [0.05, 0.1) is 24.4 Å². The number of benzene rings is 1. The number of ether oxygens (including phenoxy) is 9. The fourth-order valence-electron chi connectivity index (χ4n) is 16.3. The first-order valence-electron chi connectivity index (χ1n) is 37.9. The number of unbranched alkanes of at least 4 members (excludes halogenated alkanes) is 6. The number of rotatable bonds is 27. The number of nitrogens with one attached hydrogen (secondary N) is 3. The van der Waals surface area contributed by atoms with E-state index in [2.05, 4.69) is 246 Å². The Labute approximate surface area is 596 Å². The molecule has 0 radical (unpaired) electrons. The van der Waals surface area contributed by atoms with Gasteiger partial charge >= 0.3 is 5.97 Å². The third-order valence-electron chi connectivity index (χ3n) is 20.8. The van der Waals surface area contributed by atoms with E-state index < -0.39 is 6.29 Å². The lowest BCUT2D eigenvalue weighted by Crippen LogP contribution is -2.60. The van der Waals surface area contributed by atoms with Crippen LogP contribution in [0.15, 0.2) is 12.1 Å². The minimum atomic E-state index is -0.560. The number of carbonyl (C=O) groups excluding carboxylic acids is 1. The number of hydrogen-bond donors (Lipinski definition) is 4. The summed E-state index contributed by atoms with van der Waals surface area (Å²) >= 11 is 0. The number of carbonyl (C=O) groups is 1. The van der Waals surface area contributed by atoms with Crippen LogP contribution in [0.4, 0.5) is 0 Å². The first kappa shape index (κ1) is 89.2. The zero-order chi connectivity index (χ0) is 74.1. The molecule has 0 atom stereocenters. The lowest BCUT2D eigenvalue weighted by Gasteiger charge is -2.53. The van der Waals surface area contributed by atoms with Crippen molar-refractivity contribution < 1.29 is 52.5 Å². The van der Waals surface area contributed by atoms with E-state index in [1.807, 2.05) is 0 Å². The van der Waals surface area contributed by atoms with Crippen LogP contribution in [0, 0.1) is 0 Å². The summed E-state index contributed by atoms with van der Waals surface area (Å²) in [6, 6.07) is 4.21. The van der Waals surface area contributed by atoms with Crippen LogP contribution in [0.1, 0.15) is 333 Å². The summed E-state index contributed by atoms with van der Waals surface area (Å²) in [5.41, 5.74) is 3.14. The van der Waals surface area contributed by atoms with E-state index in [1.54, 1.807) is 7.11 Å². The molecule has 5 fully saturated rings. The van der Waals surface area contributed by atoms with Crippen LogP contribution < -0.4 is 16.0 Å². The van der Waals surface area contributed by atoms with Gasteiger partial charge in [-0.1, -0.05) is 106 Å². The highest BCUT2D eigenvalue weighted by Crippen LogP contribution is 2.43. The largest absolute Gasteiger partial charge is 0.507 e. The van der Waals surface area contributed by atoms with Crippen molar-refractivity contribution in [3.63, 3.8) is 0 Å². The molecular formula is C81H155N5O11. The van der Waals surface area contributed by atoms with Gasteiger partial charge in [-0.25, -0.2) is 0 Å². The summed E-state index contributed by atoms with van der Waals surface area (Å²) in [4.78, 5) is 17.2. The number of hydrogen-bond acceptors (Lipinski definition) is 16. The fraction of sp³-hybridized carbons (Fsp3) is 0.914. The topological polar surface area (TPSA) is 163 Å². The van der Waals surface area contributed by atoms with Crippen molar-refractivity contribution in [1.29, 1.82) is 0 Å². The molecule has 0 aliphatic carbocycles. The maximum absolute atomic E-state index is 12.3.